The molecule has 0 aliphatic heterocycles. The number of amides is 1. The molecule has 1 rings (SSSR count). The summed E-state index contributed by atoms with van der Waals surface area (Å²) in [4.78, 5) is 10.8. The minimum Gasteiger partial charge on any atom is -0.388 e. The normalized spacial score (nSPS) is 14.7. The third kappa shape index (κ3) is 2.85. The van der Waals surface area contributed by atoms with Crippen LogP contribution < -0.4 is 5.73 Å². The van der Waals surface area contributed by atoms with Crippen molar-refractivity contribution in [3.05, 3.63) is 35.9 Å². The molecule has 0 aliphatic carbocycles. The molecule has 1 aromatic rings. The number of benzene rings is 1. The van der Waals surface area contributed by atoms with Gasteiger partial charge >= 0.3 is 0 Å². The molecule has 0 saturated carbocycles. The van der Waals surface area contributed by atoms with Crippen molar-refractivity contribution >= 4 is 5.91 Å². The van der Waals surface area contributed by atoms with E-state index in [0.717, 1.165) is 5.56 Å². The van der Waals surface area contributed by atoms with Crippen LogP contribution in [0.3, 0.4) is 0 Å². The second-order valence-corrected chi connectivity index (χ2v) is 3.47. The zero-order chi connectivity index (χ0) is 10.6. The van der Waals surface area contributed by atoms with Crippen molar-refractivity contribution in [3.8, 4) is 0 Å². The van der Waals surface area contributed by atoms with E-state index in [2.05, 4.69) is 0 Å². The van der Waals surface area contributed by atoms with Crippen molar-refractivity contribution in [3.63, 3.8) is 0 Å². The summed E-state index contributed by atoms with van der Waals surface area (Å²) in [5.74, 6) is -0.676. The third-order valence-corrected chi connectivity index (χ3v) is 2.25. The molecule has 0 fully saturated rings. The van der Waals surface area contributed by atoms with Crippen LogP contribution in [-0.2, 0) is 4.79 Å². The Morgan fingerprint density at radius 2 is 2.00 bits per heavy atom. The lowest BCUT2D eigenvalue weighted by Crippen LogP contribution is -2.22. The van der Waals surface area contributed by atoms with Crippen molar-refractivity contribution in [2.24, 2.45) is 11.7 Å². The van der Waals surface area contributed by atoms with Gasteiger partial charge in [0.2, 0.25) is 5.91 Å². The van der Waals surface area contributed by atoms with Crippen LogP contribution in [0.4, 0.5) is 0 Å². The van der Waals surface area contributed by atoms with Gasteiger partial charge in [0.05, 0.1) is 6.10 Å². The molecule has 0 aromatic heterocycles. The summed E-state index contributed by atoms with van der Waals surface area (Å²) in [7, 11) is 0. The maximum atomic E-state index is 10.8. The number of carbonyl (C=O) groups excluding carboxylic acids is 1. The summed E-state index contributed by atoms with van der Waals surface area (Å²) in [6.45, 7) is 1.72. The Bertz CT molecular complexity index is 297. The fraction of sp³-hybridized carbons (Fsp3) is 0.364. The second-order valence-electron chi connectivity index (χ2n) is 3.47. The van der Waals surface area contributed by atoms with Crippen LogP contribution in [0.25, 0.3) is 0 Å². The molecule has 0 bridgehead atoms. The number of hydrogen-bond donors (Lipinski definition) is 2. The van der Waals surface area contributed by atoms with Gasteiger partial charge in [-0.1, -0.05) is 37.3 Å². The minimum atomic E-state index is -0.612. The summed E-state index contributed by atoms with van der Waals surface area (Å²) in [5.41, 5.74) is 5.93. The smallest absolute Gasteiger partial charge is 0.220 e. The lowest BCUT2D eigenvalue weighted by molar-refractivity contribution is -0.122. The summed E-state index contributed by atoms with van der Waals surface area (Å²) in [6, 6.07) is 9.26. The van der Waals surface area contributed by atoms with E-state index < -0.39 is 6.10 Å². The first-order valence-corrected chi connectivity index (χ1v) is 4.63. The highest BCUT2D eigenvalue weighted by atomic mass is 16.3. The lowest BCUT2D eigenvalue weighted by atomic mass is 9.98. The molecule has 14 heavy (non-hydrogen) atoms. The average Bonchev–Trinajstić information content (AvgIpc) is 2.19. The summed E-state index contributed by atoms with van der Waals surface area (Å²) < 4.78 is 0. The van der Waals surface area contributed by atoms with Gasteiger partial charge in [-0.3, -0.25) is 4.79 Å². The molecule has 3 nitrogen and oxygen atoms in total. The first kappa shape index (κ1) is 10.7. The van der Waals surface area contributed by atoms with Gasteiger partial charge in [-0.05, 0) is 12.0 Å². The molecule has 0 saturated heterocycles. The largest absolute Gasteiger partial charge is 0.388 e. The summed E-state index contributed by atoms with van der Waals surface area (Å²) in [6.07, 6.45) is -0.238. The zero-order valence-corrected chi connectivity index (χ0v) is 8.18. The van der Waals surface area contributed by atoms with Crippen LogP contribution >= 0.6 is 0 Å². The van der Waals surface area contributed by atoms with Gasteiger partial charge in [-0.25, -0.2) is 0 Å². The highest BCUT2D eigenvalue weighted by Gasteiger charge is 2.15. The van der Waals surface area contributed by atoms with Gasteiger partial charge < -0.3 is 10.8 Å². The van der Waals surface area contributed by atoms with E-state index >= 15 is 0 Å². The monoisotopic (exact) mass is 193 g/mol. The van der Waals surface area contributed by atoms with Crippen LogP contribution in [0.5, 0.6) is 0 Å². The number of aliphatic hydroxyl groups is 1. The average molecular weight is 193 g/mol. The topological polar surface area (TPSA) is 63.3 Å². The van der Waals surface area contributed by atoms with E-state index in [1.807, 2.05) is 30.3 Å². The van der Waals surface area contributed by atoms with Crippen molar-refractivity contribution in [1.82, 2.24) is 0 Å². The molecule has 3 N–H and O–H groups in total. The molecule has 1 unspecified atom stereocenters. The van der Waals surface area contributed by atoms with Gasteiger partial charge in [0.15, 0.2) is 0 Å². The molecule has 0 spiro atoms. The Kier molecular flexibility index (Phi) is 3.65. The van der Waals surface area contributed by atoms with Crippen molar-refractivity contribution in [2.75, 3.05) is 0 Å². The molecule has 1 amide bonds. The molecule has 1 aromatic carbocycles. The second kappa shape index (κ2) is 4.77. The molecule has 0 heterocycles. The molecule has 0 aliphatic rings. The van der Waals surface area contributed by atoms with Crippen LogP contribution in [0, 0.1) is 5.92 Å². The number of aliphatic hydroxyl groups excluding tert-OH is 1. The van der Waals surface area contributed by atoms with E-state index in [1.165, 1.54) is 0 Å². The molecule has 3 heteroatoms. The van der Waals surface area contributed by atoms with E-state index in [0.29, 0.717) is 6.42 Å². The van der Waals surface area contributed by atoms with Crippen molar-refractivity contribution in [1.29, 1.82) is 0 Å². The molecule has 76 valence electrons. The number of rotatable bonds is 4. The van der Waals surface area contributed by atoms with Crippen LogP contribution in [0.15, 0.2) is 30.3 Å². The van der Waals surface area contributed by atoms with Crippen molar-refractivity contribution < 1.29 is 9.90 Å². The predicted molar refractivity (Wildman–Crippen MR) is 54.4 cm³/mol. The number of primary amides is 1. The summed E-state index contributed by atoms with van der Waals surface area (Å²) >= 11 is 0. The first-order valence-electron chi connectivity index (χ1n) is 4.63. The molecule has 2 atom stereocenters. The Morgan fingerprint density at radius 3 is 2.50 bits per heavy atom. The number of hydrogen-bond acceptors (Lipinski definition) is 2. The summed E-state index contributed by atoms with van der Waals surface area (Å²) in [5, 5.41) is 9.73. The van der Waals surface area contributed by atoms with E-state index in [4.69, 9.17) is 5.73 Å². The Hall–Kier alpha value is -1.35. The van der Waals surface area contributed by atoms with Gasteiger partial charge in [0.1, 0.15) is 0 Å². The molecular formula is C11H15NO2. The highest BCUT2D eigenvalue weighted by molar-refractivity contribution is 5.76. The van der Waals surface area contributed by atoms with Gasteiger partial charge in [0.25, 0.3) is 0 Å². The van der Waals surface area contributed by atoms with E-state index in [9.17, 15) is 9.90 Å². The van der Waals surface area contributed by atoms with Crippen molar-refractivity contribution in [2.45, 2.75) is 19.4 Å². The Morgan fingerprint density at radius 1 is 1.43 bits per heavy atom. The predicted octanol–water partition coefficient (Wildman–Crippen LogP) is 1.23. The maximum Gasteiger partial charge on any atom is 0.220 e. The zero-order valence-electron chi connectivity index (χ0n) is 8.18. The fourth-order valence-corrected chi connectivity index (χ4v) is 1.26. The number of nitrogens with two attached hydrogens (primary N) is 1. The number of carbonyl (C=O) groups is 1. The third-order valence-electron chi connectivity index (χ3n) is 2.25. The maximum absolute atomic E-state index is 10.8. The van der Waals surface area contributed by atoms with Gasteiger partial charge in [-0.2, -0.15) is 0 Å². The van der Waals surface area contributed by atoms with Crippen LogP contribution in [-0.4, -0.2) is 11.0 Å². The van der Waals surface area contributed by atoms with Gasteiger partial charge in [0, 0.05) is 5.92 Å². The molecule has 0 radical (unpaired) electrons. The van der Waals surface area contributed by atoms with Crippen LogP contribution in [0.1, 0.15) is 25.0 Å². The minimum absolute atomic E-state index is 0.301. The standard InChI is InChI=1S/C11H15NO2/c1-8(11(12)14)7-10(13)9-5-3-2-4-6-9/h2-6,8,10,13H,7H2,1H3,(H2,12,14)/t8?,10-/m1/s1. The fourth-order valence-electron chi connectivity index (χ4n) is 1.26. The SMILES string of the molecule is CC(C[C@@H](O)c1ccccc1)C(N)=O. The Balaban J connectivity index is 2.59. The van der Waals surface area contributed by atoms with E-state index in [-0.39, 0.29) is 11.8 Å². The highest BCUT2D eigenvalue weighted by Crippen LogP contribution is 2.20. The van der Waals surface area contributed by atoms with E-state index in [1.54, 1.807) is 6.92 Å². The quantitative estimate of drug-likeness (QED) is 0.755. The van der Waals surface area contributed by atoms with Crippen LogP contribution in [0.2, 0.25) is 0 Å². The Labute approximate surface area is 83.6 Å². The first-order chi connectivity index (χ1) is 6.61. The van der Waals surface area contributed by atoms with Gasteiger partial charge in [-0.15, -0.1) is 0 Å². The molecular weight excluding hydrogens is 178 g/mol. The lowest BCUT2D eigenvalue weighted by Gasteiger charge is -2.13.